The summed E-state index contributed by atoms with van der Waals surface area (Å²) in [6.45, 7) is 8.36. The van der Waals surface area contributed by atoms with Gasteiger partial charge in [0.2, 0.25) is 0 Å². The lowest BCUT2D eigenvalue weighted by atomic mass is 10.0. The van der Waals surface area contributed by atoms with Gasteiger partial charge in [0.15, 0.2) is 11.6 Å². The van der Waals surface area contributed by atoms with Crippen LogP contribution >= 0.6 is 0 Å². The highest BCUT2D eigenvalue weighted by Gasteiger charge is 2.09. The van der Waals surface area contributed by atoms with Crippen LogP contribution in [0.1, 0.15) is 40.8 Å². The third-order valence-corrected chi connectivity index (χ3v) is 3.69. The summed E-state index contributed by atoms with van der Waals surface area (Å²) in [6.07, 6.45) is 0. The van der Waals surface area contributed by atoms with Crippen LogP contribution in [0.3, 0.4) is 0 Å². The average molecular weight is 287 g/mol. The van der Waals surface area contributed by atoms with E-state index in [0.29, 0.717) is 6.61 Å². The van der Waals surface area contributed by atoms with Crippen LogP contribution in [-0.2, 0) is 6.61 Å². The number of benzene rings is 2. The molecule has 0 saturated carbocycles. The van der Waals surface area contributed by atoms with E-state index in [2.05, 4.69) is 19.1 Å². The van der Waals surface area contributed by atoms with Gasteiger partial charge in [0.1, 0.15) is 6.61 Å². The van der Waals surface area contributed by atoms with Crippen molar-refractivity contribution in [1.29, 1.82) is 0 Å². The lowest BCUT2D eigenvalue weighted by Gasteiger charge is -2.14. The fourth-order valence-electron chi connectivity index (χ4n) is 2.50. The molecular weight excluding hydrogens is 265 g/mol. The van der Waals surface area contributed by atoms with E-state index < -0.39 is 0 Å². The Labute approximate surface area is 125 Å². The number of nitrogens with two attached hydrogens (primary N) is 1. The minimum atomic E-state index is -0.368. The molecule has 1 atom stereocenters. The predicted molar refractivity (Wildman–Crippen MR) is 84.0 cm³/mol. The van der Waals surface area contributed by atoms with E-state index in [0.717, 1.165) is 11.1 Å². The van der Waals surface area contributed by atoms with Crippen LogP contribution in [0.5, 0.6) is 5.75 Å². The molecule has 0 aliphatic carbocycles. The van der Waals surface area contributed by atoms with E-state index in [1.165, 1.54) is 22.8 Å². The van der Waals surface area contributed by atoms with E-state index in [4.69, 9.17) is 10.5 Å². The molecule has 112 valence electrons. The number of halogens is 1. The van der Waals surface area contributed by atoms with Crippen LogP contribution in [0.15, 0.2) is 30.3 Å². The van der Waals surface area contributed by atoms with Gasteiger partial charge in [-0.05, 0) is 62.1 Å². The zero-order chi connectivity index (χ0) is 15.6. The molecule has 0 bridgehead atoms. The van der Waals surface area contributed by atoms with Gasteiger partial charge in [0.25, 0.3) is 0 Å². The Bertz CT molecular complexity index is 627. The minimum Gasteiger partial charge on any atom is -0.486 e. The van der Waals surface area contributed by atoms with Crippen molar-refractivity contribution >= 4 is 0 Å². The normalized spacial score (nSPS) is 12.3. The molecule has 0 amide bonds. The van der Waals surface area contributed by atoms with Crippen LogP contribution in [0, 0.1) is 26.6 Å². The molecular formula is C18H22FNO. The number of hydrogen-bond donors (Lipinski definition) is 1. The van der Waals surface area contributed by atoms with Crippen molar-refractivity contribution in [1.82, 2.24) is 0 Å². The highest BCUT2D eigenvalue weighted by molar-refractivity contribution is 5.38. The molecule has 0 heterocycles. The van der Waals surface area contributed by atoms with Crippen molar-refractivity contribution in [2.24, 2.45) is 5.73 Å². The monoisotopic (exact) mass is 287 g/mol. The van der Waals surface area contributed by atoms with Crippen LogP contribution in [-0.4, -0.2) is 0 Å². The molecule has 0 unspecified atom stereocenters. The van der Waals surface area contributed by atoms with Crippen molar-refractivity contribution in [3.05, 3.63) is 64.0 Å². The molecule has 2 rings (SSSR count). The van der Waals surface area contributed by atoms with Crippen LogP contribution in [0.2, 0.25) is 0 Å². The van der Waals surface area contributed by atoms with Crippen LogP contribution < -0.4 is 10.5 Å². The second-order valence-corrected chi connectivity index (χ2v) is 5.64. The van der Waals surface area contributed by atoms with E-state index in [-0.39, 0.29) is 17.6 Å². The Balaban J connectivity index is 2.17. The predicted octanol–water partition coefficient (Wildman–Crippen LogP) is 4.35. The lowest BCUT2D eigenvalue weighted by Crippen LogP contribution is -2.06. The van der Waals surface area contributed by atoms with Crippen molar-refractivity contribution in [3.63, 3.8) is 0 Å². The topological polar surface area (TPSA) is 35.2 Å². The van der Waals surface area contributed by atoms with Crippen molar-refractivity contribution < 1.29 is 9.13 Å². The van der Waals surface area contributed by atoms with Gasteiger partial charge in [-0.2, -0.15) is 0 Å². The van der Waals surface area contributed by atoms with Gasteiger partial charge in [0, 0.05) is 6.04 Å². The standard InChI is InChI=1S/C18H22FNO/c1-11-7-12(2)16(13(3)8-11)10-21-18-6-5-15(14(4)20)9-17(18)19/h5-9,14H,10,20H2,1-4H3/t14-/m0/s1. The molecule has 0 aliphatic rings. The second-order valence-electron chi connectivity index (χ2n) is 5.64. The van der Waals surface area contributed by atoms with Gasteiger partial charge in [0.05, 0.1) is 0 Å². The molecule has 3 heteroatoms. The highest BCUT2D eigenvalue weighted by atomic mass is 19.1. The fraction of sp³-hybridized carbons (Fsp3) is 0.333. The third kappa shape index (κ3) is 3.61. The Kier molecular flexibility index (Phi) is 4.63. The molecule has 0 aromatic heterocycles. The molecule has 2 aromatic rings. The number of aryl methyl sites for hydroxylation is 3. The first-order chi connectivity index (χ1) is 9.88. The van der Waals surface area contributed by atoms with Gasteiger partial charge in [-0.3, -0.25) is 0 Å². The Hall–Kier alpha value is -1.87. The second kappa shape index (κ2) is 6.27. The summed E-state index contributed by atoms with van der Waals surface area (Å²) >= 11 is 0. The molecule has 2 nitrogen and oxygen atoms in total. The summed E-state index contributed by atoms with van der Waals surface area (Å²) in [5.41, 5.74) is 11.2. The van der Waals surface area contributed by atoms with Gasteiger partial charge >= 0.3 is 0 Å². The summed E-state index contributed by atoms with van der Waals surface area (Å²) in [7, 11) is 0. The molecule has 0 aliphatic heterocycles. The molecule has 2 N–H and O–H groups in total. The van der Waals surface area contributed by atoms with Gasteiger partial charge < -0.3 is 10.5 Å². The summed E-state index contributed by atoms with van der Waals surface area (Å²) < 4.78 is 19.6. The van der Waals surface area contributed by atoms with Gasteiger partial charge in [-0.1, -0.05) is 23.8 Å². The van der Waals surface area contributed by atoms with E-state index in [1.807, 2.05) is 20.8 Å². The van der Waals surface area contributed by atoms with E-state index in [1.54, 1.807) is 12.1 Å². The molecule has 0 radical (unpaired) electrons. The maximum Gasteiger partial charge on any atom is 0.165 e. The molecule has 21 heavy (non-hydrogen) atoms. The van der Waals surface area contributed by atoms with Crippen molar-refractivity contribution in [2.45, 2.75) is 40.3 Å². The number of hydrogen-bond acceptors (Lipinski definition) is 2. The molecule has 0 fully saturated rings. The van der Waals surface area contributed by atoms with Crippen molar-refractivity contribution in [3.8, 4) is 5.75 Å². The van der Waals surface area contributed by atoms with E-state index in [9.17, 15) is 4.39 Å². The Morgan fingerprint density at radius 3 is 2.24 bits per heavy atom. The zero-order valence-corrected chi connectivity index (χ0v) is 13.0. The average Bonchev–Trinajstić information content (AvgIpc) is 2.38. The Morgan fingerprint density at radius 2 is 1.71 bits per heavy atom. The SMILES string of the molecule is Cc1cc(C)c(COc2ccc([C@H](C)N)cc2F)c(C)c1. The van der Waals surface area contributed by atoms with Crippen LogP contribution in [0.4, 0.5) is 4.39 Å². The summed E-state index contributed by atoms with van der Waals surface area (Å²) in [5.74, 6) is -0.106. The maximum atomic E-state index is 14.0. The first kappa shape index (κ1) is 15.5. The number of rotatable bonds is 4. The molecule has 2 aromatic carbocycles. The summed E-state index contributed by atoms with van der Waals surface area (Å²) in [5, 5.41) is 0. The first-order valence-corrected chi connectivity index (χ1v) is 7.13. The summed E-state index contributed by atoms with van der Waals surface area (Å²) in [6, 6.07) is 8.93. The van der Waals surface area contributed by atoms with Gasteiger partial charge in [-0.15, -0.1) is 0 Å². The Morgan fingerprint density at radius 1 is 1.10 bits per heavy atom. The van der Waals surface area contributed by atoms with Gasteiger partial charge in [-0.25, -0.2) is 4.39 Å². The smallest absolute Gasteiger partial charge is 0.165 e. The lowest BCUT2D eigenvalue weighted by molar-refractivity contribution is 0.288. The third-order valence-electron chi connectivity index (χ3n) is 3.69. The first-order valence-electron chi connectivity index (χ1n) is 7.13. The molecule has 0 spiro atoms. The highest BCUT2D eigenvalue weighted by Crippen LogP contribution is 2.24. The largest absolute Gasteiger partial charge is 0.486 e. The fourth-order valence-corrected chi connectivity index (χ4v) is 2.50. The maximum absolute atomic E-state index is 14.0. The minimum absolute atomic E-state index is 0.185. The van der Waals surface area contributed by atoms with E-state index >= 15 is 0 Å². The number of ether oxygens (including phenoxy) is 1. The van der Waals surface area contributed by atoms with Crippen molar-refractivity contribution in [2.75, 3.05) is 0 Å². The molecule has 0 saturated heterocycles. The quantitative estimate of drug-likeness (QED) is 0.907. The van der Waals surface area contributed by atoms with Crippen LogP contribution in [0.25, 0.3) is 0 Å². The summed E-state index contributed by atoms with van der Waals surface area (Å²) in [4.78, 5) is 0. The zero-order valence-electron chi connectivity index (χ0n) is 13.0.